The van der Waals surface area contributed by atoms with E-state index in [-0.39, 0.29) is 0 Å². The number of rotatable bonds is 1. The van der Waals surface area contributed by atoms with Crippen molar-refractivity contribution in [3.05, 3.63) is 0 Å². The quantitative estimate of drug-likeness (QED) is 0.340. The first-order valence-electron chi connectivity index (χ1n) is 3.42. The van der Waals surface area contributed by atoms with Gasteiger partial charge >= 0.3 is 0 Å². The van der Waals surface area contributed by atoms with Gasteiger partial charge in [-0.05, 0) is 0 Å². The highest BCUT2D eigenvalue weighted by Gasteiger charge is 2.42. The maximum atomic E-state index is 10.9. The van der Waals surface area contributed by atoms with E-state index in [1.807, 2.05) is 0 Å². The number of carbonyl (C=O) groups is 1. The van der Waals surface area contributed by atoms with Gasteiger partial charge in [-0.15, -0.1) is 0 Å². The normalized spacial score (nSPS) is 43.2. The van der Waals surface area contributed by atoms with Crippen molar-refractivity contribution in [2.45, 2.75) is 24.6 Å². The first-order valence-corrected chi connectivity index (χ1v) is 3.42. The molecule has 1 aliphatic heterocycles. The monoisotopic (exact) mass is 178 g/mol. The van der Waals surface area contributed by atoms with E-state index < -0.39 is 37.0 Å². The highest BCUT2D eigenvalue weighted by molar-refractivity contribution is 5.88. The Morgan fingerprint density at radius 2 is 1.92 bits per heavy atom. The Morgan fingerprint density at radius 3 is 2.42 bits per heavy atom. The molecule has 1 fully saturated rings. The summed E-state index contributed by atoms with van der Waals surface area (Å²) in [6.45, 7) is -0.625. The van der Waals surface area contributed by atoms with Crippen LogP contribution in [-0.2, 0) is 9.53 Å². The lowest BCUT2D eigenvalue weighted by atomic mass is 10.0. The minimum absolute atomic E-state index is 0.625. The van der Waals surface area contributed by atoms with Crippen LogP contribution in [0.2, 0.25) is 0 Å². The molecule has 0 radical (unpaired) electrons. The van der Waals surface area contributed by atoms with Crippen LogP contribution >= 0.6 is 0 Å². The maximum Gasteiger partial charge on any atom is 0.195 e. The molecule has 1 rings (SSSR count). The largest absolute Gasteiger partial charge is 0.393 e. The fourth-order valence-electron chi connectivity index (χ4n) is 0.964. The second-order valence-electron chi connectivity index (χ2n) is 2.54. The molecule has 0 saturated carbocycles. The first kappa shape index (κ1) is 9.56. The summed E-state index contributed by atoms with van der Waals surface area (Å²) in [6, 6.07) is 0. The number of ether oxygens (including phenoxy) is 1. The molecule has 0 bridgehead atoms. The van der Waals surface area contributed by atoms with Crippen LogP contribution in [0, 0.1) is 0 Å². The molecule has 6 heteroatoms. The van der Waals surface area contributed by atoms with E-state index in [9.17, 15) is 4.79 Å². The lowest BCUT2D eigenvalue weighted by Crippen LogP contribution is -2.55. The summed E-state index contributed by atoms with van der Waals surface area (Å²) in [6.07, 6.45) is -6.21. The molecule has 1 saturated heterocycles. The third kappa shape index (κ3) is 1.47. The molecule has 6 nitrogen and oxygen atoms in total. The minimum Gasteiger partial charge on any atom is -0.393 e. The van der Waals surface area contributed by atoms with Gasteiger partial charge in [0.1, 0.15) is 18.3 Å². The topological polar surface area (TPSA) is 107 Å². The molecular weight excluding hydrogens is 168 g/mol. The lowest BCUT2D eigenvalue weighted by molar-refractivity contribution is -0.239. The SMILES string of the molecule is O=C1C(CO)OC(O)[C@H](O)C1O. The van der Waals surface area contributed by atoms with Crippen LogP contribution in [0.15, 0.2) is 0 Å². The minimum atomic E-state index is -1.69. The Bertz CT molecular complexity index is 177. The Balaban J connectivity index is 2.70. The predicted molar refractivity (Wildman–Crippen MR) is 35.0 cm³/mol. The molecule has 0 amide bonds. The molecule has 3 unspecified atom stereocenters. The van der Waals surface area contributed by atoms with Gasteiger partial charge in [0.05, 0.1) is 6.61 Å². The number of carbonyl (C=O) groups excluding carboxylic acids is 1. The van der Waals surface area contributed by atoms with Crippen LogP contribution in [0.5, 0.6) is 0 Å². The number of hydrogen-bond donors (Lipinski definition) is 4. The van der Waals surface area contributed by atoms with Gasteiger partial charge in [0.15, 0.2) is 12.1 Å². The van der Waals surface area contributed by atoms with E-state index in [2.05, 4.69) is 4.74 Å². The zero-order chi connectivity index (χ0) is 9.30. The zero-order valence-electron chi connectivity index (χ0n) is 6.12. The third-order valence-electron chi connectivity index (χ3n) is 1.69. The summed E-state index contributed by atoms with van der Waals surface area (Å²) in [7, 11) is 0. The molecule has 70 valence electrons. The number of ketones is 1. The second-order valence-corrected chi connectivity index (χ2v) is 2.54. The van der Waals surface area contributed by atoms with Crippen LogP contribution in [0.1, 0.15) is 0 Å². The molecule has 0 aromatic rings. The Morgan fingerprint density at radius 1 is 1.33 bits per heavy atom. The first-order chi connectivity index (χ1) is 5.57. The van der Waals surface area contributed by atoms with Crippen LogP contribution in [0.4, 0.5) is 0 Å². The number of Topliss-reactive ketones (excluding diaryl/α,β-unsaturated/α-hetero) is 1. The Labute approximate surface area is 68.0 Å². The van der Waals surface area contributed by atoms with Gasteiger partial charge in [0.25, 0.3) is 0 Å². The molecule has 12 heavy (non-hydrogen) atoms. The van der Waals surface area contributed by atoms with E-state index in [4.69, 9.17) is 20.4 Å². The van der Waals surface area contributed by atoms with Gasteiger partial charge in [-0.3, -0.25) is 4.79 Å². The summed E-state index contributed by atoms with van der Waals surface area (Å²) < 4.78 is 4.48. The van der Waals surface area contributed by atoms with E-state index in [1.165, 1.54) is 0 Å². The average Bonchev–Trinajstić information content (AvgIpc) is 2.08. The van der Waals surface area contributed by atoms with Gasteiger partial charge in [-0.2, -0.15) is 0 Å². The summed E-state index contributed by atoms with van der Waals surface area (Å²) >= 11 is 0. The zero-order valence-corrected chi connectivity index (χ0v) is 6.12. The van der Waals surface area contributed by atoms with Gasteiger partial charge < -0.3 is 25.2 Å². The van der Waals surface area contributed by atoms with Crippen LogP contribution in [0.25, 0.3) is 0 Å². The maximum absolute atomic E-state index is 10.9. The number of aliphatic hydroxyl groups is 4. The van der Waals surface area contributed by atoms with Crippen molar-refractivity contribution < 1.29 is 30.0 Å². The molecule has 0 aromatic carbocycles. The van der Waals surface area contributed by atoms with Crippen molar-refractivity contribution in [1.29, 1.82) is 0 Å². The average molecular weight is 178 g/mol. The molecule has 0 spiro atoms. The van der Waals surface area contributed by atoms with E-state index in [1.54, 1.807) is 0 Å². The van der Waals surface area contributed by atoms with Crippen molar-refractivity contribution in [3.63, 3.8) is 0 Å². The highest BCUT2D eigenvalue weighted by atomic mass is 16.6. The fraction of sp³-hybridized carbons (Fsp3) is 0.833. The van der Waals surface area contributed by atoms with Gasteiger partial charge in [-0.25, -0.2) is 0 Å². The van der Waals surface area contributed by atoms with Gasteiger partial charge in [0, 0.05) is 0 Å². The Kier molecular flexibility index (Phi) is 2.76. The van der Waals surface area contributed by atoms with Crippen molar-refractivity contribution >= 4 is 5.78 Å². The fourth-order valence-corrected chi connectivity index (χ4v) is 0.964. The van der Waals surface area contributed by atoms with Crippen LogP contribution < -0.4 is 0 Å². The van der Waals surface area contributed by atoms with Crippen molar-refractivity contribution in [3.8, 4) is 0 Å². The van der Waals surface area contributed by atoms with Crippen LogP contribution in [0.3, 0.4) is 0 Å². The molecule has 1 aliphatic rings. The van der Waals surface area contributed by atoms with E-state index in [0.717, 1.165) is 0 Å². The molecule has 0 aliphatic carbocycles. The Hall–Kier alpha value is -0.530. The predicted octanol–water partition coefficient (Wildman–Crippen LogP) is -3.01. The summed E-state index contributed by atoms with van der Waals surface area (Å²) in [5.41, 5.74) is 0. The van der Waals surface area contributed by atoms with Crippen molar-refractivity contribution in [2.24, 2.45) is 0 Å². The molecule has 4 N–H and O–H groups in total. The summed E-state index contributed by atoms with van der Waals surface area (Å²) in [4.78, 5) is 10.9. The standard InChI is InChI=1S/C6H10O6/c7-1-2-3(8)4(9)5(10)6(11)12-2/h2,4-7,9-11H,1H2/t2?,4?,5-,6?/m1/s1. The number of hydrogen-bond acceptors (Lipinski definition) is 6. The number of aliphatic hydroxyl groups excluding tert-OH is 4. The van der Waals surface area contributed by atoms with Gasteiger partial charge in [-0.1, -0.05) is 0 Å². The summed E-state index contributed by atoms with van der Waals surface area (Å²) in [5, 5.41) is 35.3. The molecule has 4 atom stereocenters. The second kappa shape index (κ2) is 3.46. The highest BCUT2D eigenvalue weighted by Crippen LogP contribution is 2.15. The smallest absolute Gasteiger partial charge is 0.195 e. The molecule has 1 heterocycles. The van der Waals surface area contributed by atoms with E-state index >= 15 is 0 Å². The molecule has 0 aromatic heterocycles. The van der Waals surface area contributed by atoms with E-state index in [0.29, 0.717) is 0 Å². The van der Waals surface area contributed by atoms with Crippen LogP contribution in [-0.4, -0.2) is 57.4 Å². The lowest BCUT2D eigenvalue weighted by Gasteiger charge is -2.31. The van der Waals surface area contributed by atoms with Crippen molar-refractivity contribution in [2.75, 3.05) is 6.61 Å². The third-order valence-corrected chi connectivity index (χ3v) is 1.69. The molecular formula is C6H10O6. The van der Waals surface area contributed by atoms with Crippen molar-refractivity contribution in [1.82, 2.24) is 0 Å². The van der Waals surface area contributed by atoms with Gasteiger partial charge in [0.2, 0.25) is 0 Å². The summed E-state index contributed by atoms with van der Waals surface area (Å²) in [5.74, 6) is -0.824.